The minimum atomic E-state index is -3.72. The predicted octanol–water partition coefficient (Wildman–Crippen LogP) is 0.912. The number of hydrogen-bond acceptors (Lipinski definition) is 5. The molecule has 1 aromatic heterocycles. The first-order valence-corrected chi connectivity index (χ1v) is 8.09. The Hall–Kier alpha value is -0.500. The van der Waals surface area contributed by atoms with Gasteiger partial charge in [-0.05, 0) is 30.7 Å². The fourth-order valence-electron chi connectivity index (χ4n) is 1.77. The summed E-state index contributed by atoms with van der Waals surface area (Å²) in [6.07, 6.45) is 2.53. The molecule has 0 aliphatic carbocycles. The number of thioether (sulfide) groups is 1. The van der Waals surface area contributed by atoms with Crippen LogP contribution in [0, 0.1) is 0 Å². The summed E-state index contributed by atoms with van der Waals surface area (Å²) in [4.78, 5) is 0. The third kappa shape index (κ3) is 3.74. The van der Waals surface area contributed by atoms with E-state index in [4.69, 9.17) is 9.56 Å². The molecule has 1 atom stereocenters. The molecule has 1 unspecified atom stereocenters. The number of sulfonamides is 1. The normalized spacial score (nSPS) is 20.9. The van der Waals surface area contributed by atoms with Gasteiger partial charge in [0.25, 0.3) is 10.0 Å². The average molecular weight is 276 g/mol. The van der Waals surface area contributed by atoms with Crippen LogP contribution in [0.15, 0.2) is 21.6 Å². The summed E-state index contributed by atoms with van der Waals surface area (Å²) >= 11 is 1.98. The van der Waals surface area contributed by atoms with E-state index in [-0.39, 0.29) is 5.09 Å². The van der Waals surface area contributed by atoms with Crippen LogP contribution in [0.2, 0.25) is 0 Å². The maximum atomic E-state index is 11.0. The van der Waals surface area contributed by atoms with Crippen LogP contribution in [-0.4, -0.2) is 26.0 Å². The summed E-state index contributed by atoms with van der Waals surface area (Å²) in [7, 11) is -3.72. The molecule has 96 valence electrons. The van der Waals surface area contributed by atoms with Gasteiger partial charge < -0.3 is 9.73 Å². The highest BCUT2D eigenvalue weighted by atomic mass is 32.2. The lowest BCUT2D eigenvalue weighted by Gasteiger charge is -2.08. The summed E-state index contributed by atoms with van der Waals surface area (Å²) in [5.41, 5.74) is 0. The fourth-order valence-corrected chi connectivity index (χ4v) is 3.48. The Morgan fingerprint density at radius 1 is 1.53 bits per heavy atom. The van der Waals surface area contributed by atoms with Gasteiger partial charge in [0.15, 0.2) is 0 Å². The van der Waals surface area contributed by atoms with Crippen LogP contribution in [0.25, 0.3) is 0 Å². The van der Waals surface area contributed by atoms with Crippen LogP contribution < -0.4 is 10.5 Å². The monoisotopic (exact) mass is 276 g/mol. The van der Waals surface area contributed by atoms with Crippen molar-refractivity contribution < 1.29 is 12.8 Å². The number of hydrogen-bond donors (Lipinski definition) is 2. The largest absolute Gasteiger partial charge is 0.447 e. The minimum absolute atomic E-state index is 0.176. The van der Waals surface area contributed by atoms with Crippen LogP contribution in [0.1, 0.15) is 18.6 Å². The molecular formula is C10H16N2O3S2. The molecule has 0 spiro atoms. The maximum absolute atomic E-state index is 11.0. The van der Waals surface area contributed by atoms with Gasteiger partial charge in [-0.1, -0.05) is 0 Å². The molecular weight excluding hydrogens is 260 g/mol. The van der Waals surface area contributed by atoms with E-state index in [1.165, 1.54) is 24.7 Å². The second-order valence-electron chi connectivity index (χ2n) is 4.03. The van der Waals surface area contributed by atoms with Crippen molar-refractivity contribution in [1.29, 1.82) is 0 Å². The van der Waals surface area contributed by atoms with Crippen LogP contribution in [0.4, 0.5) is 0 Å². The highest BCUT2D eigenvalue weighted by Crippen LogP contribution is 2.25. The van der Waals surface area contributed by atoms with Crippen molar-refractivity contribution in [2.24, 2.45) is 5.14 Å². The Labute approximate surface area is 105 Å². The molecule has 1 aliphatic heterocycles. The molecule has 1 saturated heterocycles. The van der Waals surface area contributed by atoms with E-state index in [0.717, 1.165) is 6.54 Å². The van der Waals surface area contributed by atoms with E-state index in [0.29, 0.717) is 17.6 Å². The number of nitrogens with two attached hydrogens (primary N) is 1. The Bertz CT molecular complexity index is 464. The maximum Gasteiger partial charge on any atom is 0.271 e. The molecule has 0 aromatic carbocycles. The van der Waals surface area contributed by atoms with Crippen molar-refractivity contribution in [1.82, 2.24) is 5.32 Å². The molecule has 7 heteroatoms. The smallest absolute Gasteiger partial charge is 0.271 e. The number of nitrogens with one attached hydrogen (secondary N) is 1. The second kappa shape index (κ2) is 5.43. The Morgan fingerprint density at radius 2 is 2.35 bits per heavy atom. The van der Waals surface area contributed by atoms with Crippen LogP contribution in [0.5, 0.6) is 0 Å². The van der Waals surface area contributed by atoms with E-state index in [1.807, 2.05) is 11.8 Å². The van der Waals surface area contributed by atoms with Crippen LogP contribution in [0.3, 0.4) is 0 Å². The molecule has 0 bridgehead atoms. The average Bonchev–Trinajstić information content (AvgIpc) is 2.86. The summed E-state index contributed by atoms with van der Waals surface area (Å²) in [6, 6.07) is 3.02. The van der Waals surface area contributed by atoms with Gasteiger partial charge in [0.05, 0.1) is 6.54 Å². The second-order valence-corrected chi connectivity index (χ2v) is 6.93. The molecule has 3 N–H and O–H groups in total. The van der Waals surface area contributed by atoms with Crippen molar-refractivity contribution in [2.45, 2.75) is 29.7 Å². The van der Waals surface area contributed by atoms with Gasteiger partial charge in [-0.3, -0.25) is 0 Å². The first kappa shape index (κ1) is 12.9. The van der Waals surface area contributed by atoms with Crippen molar-refractivity contribution in [3.63, 3.8) is 0 Å². The summed E-state index contributed by atoms with van der Waals surface area (Å²) in [6.45, 7) is 1.46. The van der Waals surface area contributed by atoms with E-state index in [9.17, 15) is 8.42 Å². The van der Waals surface area contributed by atoms with Crippen molar-refractivity contribution >= 4 is 21.8 Å². The molecule has 2 heterocycles. The standard InChI is InChI=1S/C10H16N2O3S2/c11-17(13,14)10-4-3-8(15-10)6-12-7-9-2-1-5-16-9/h3-4,9,12H,1-2,5-7H2,(H2,11,13,14). The zero-order valence-electron chi connectivity index (χ0n) is 9.39. The quantitative estimate of drug-likeness (QED) is 0.835. The third-order valence-electron chi connectivity index (χ3n) is 2.61. The molecule has 5 nitrogen and oxygen atoms in total. The Morgan fingerprint density at radius 3 is 2.94 bits per heavy atom. The lowest BCUT2D eigenvalue weighted by molar-refractivity contribution is 0.402. The first-order chi connectivity index (χ1) is 8.05. The SMILES string of the molecule is NS(=O)(=O)c1ccc(CNCC2CCCS2)o1. The molecule has 2 rings (SSSR count). The van der Waals surface area contributed by atoms with E-state index in [1.54, 1.807) is 6.07 Å². The highest BCUT2D eigenvalue weighted by molar-refractivity contribution is 8.00. The summed E-state index contributed by atoms with van der Waals surface area (Å²) in [5.74, 6) is 1.83. The number of primary sulfonamides is 1. The van der Waals surface area contributed by atoms with E-state index in [2.05, 4.69) is 5.32 Å². The van der Waals surface area contributed by atoms with E-state index >= 15 is 0 Å². The minimum Gasteiger partial charge on any atom is -0.447 e. The van der Waals surface area contributed by atoms with E-state index < -0.39 is 10.0 Å². The highest BCUT2D eigenvalue weighted by Gasteiger charge is 2.16. The van der Waals surface area contributed by atoms with Gasteiger partial charge in [0.1, 0.15) is 5.76 Å². The molecule has 17 heavy (non-hydrogen) atoms. The van der Waals surface area contributed by atoms with Gasteiger partial charge >= 0.3 is 0 Å². The van der Waals surface area contributed by atoms with Gasteiger partial charge in [-0.2, -0.15) is 11.8 Å². The van der Waals surface area contributed by atoms with Gasteiger partial charge in [0.2, 0.25) is 5.09 Å². The van der Waals surface area contributed by atoms with Gasteiger partial charge in [0, 0.05) is 11.8 Å². The molecule has 0 radical (unpaired) electrons. The summed E-state index contributed by atoms with van der Waals surface area (Å²) < 4.78 is 27.1. The summed E-state index contributed by atoms with van der Waals surface area (Å²) in [5, 5.41) is 8.70. The lowest BCUT2D eigenvalue weighted by atomic mass is 10.2. The van der Waals surface area contributed by atoms with Gasteiger partial charge in [-0.15, -0.1) is 0 Å². The molecule has 1 aliphatic rings. The number of rotatable bonds is 5. The third-order valence-corrected chi connectivity index (χ3v) is 4.79. The Kier molecular flexibility index (Phi) is 4.13. The fraction of sp³-hybridized carbons (Fsp3) is 0.600. The topological polar surface area (TPSA) is 85.3 Å². The molecule has 1 fully saturated rings. The van der Waals surface area contributed by atoms with Gasteiger partial charge in [-0.25, -0.2) is 13.6 Å². The first-order valence-electron chi connectivity index (χ1n) is 5.49. The van der Waals surface area contributed by atoms with Crippen molar-refractivity contribution in [3.05, 3.63) is 17.9 Å². The van der Waals surface area contributed by atoms with Crippen molar-refractivity contribution in [3.8, 4) is 0 Å². The lowest BCUT2D eigenvalue weighted by Crippen LogP contribution is -2.22. The molecule has 1 aromatic rings. The number of furan rings is 1. The zero-order chi connectivity index (χ0) is 12.3. The molecule has 0 saturated carbocycles. The van der Waals surface area contributed by atoms with Crippen LogP contribution in [-0.2, 0) is 16.6 Å². The Balaban J connectivity index is 1.81. The van der Waals surface area contributed by atoms with Crippen molar-refractivity contribution in [2.75, 3.05) is 12.3 Å². The predicted molar refractivity (Wildman–Crippen MR) is 67.3 cm³/mol. The van der Waals surface area contributed by atoms with Crippen LogP contribution >= 0.6 is 11.8 Å². The molecule has 0 amide bonds. The zero-order valence-corrected chi connectivity index (χ0v) is 11.0.